The molecule has 1 aliphatic heterocycles. The summed E-state index contributed by atoms with van der Waals surface area (Å²) in [4.78, 5) is 14.1. The van der Waals surface area contributed by atoms with E-state index in [1.165, 1.54) is 23.4 Å². The van der Waals surface area contributed by atoms with Crippen molar-refractivity contribution in [3.05, 3.63) is 24.5 Å². The van der Waals surface area contributed by atoms with Crippen molar-refractivity contribution in [1.82, 2.24) is 9.55 Å². The van der Waals surface area contributed by atoms with Gasteiger partial charge < -0.3 is 14.6 Å². The zero-order valence-corrected chi connectivity index (χ0v) is 6.51. The van der Waals surface area contributed by atoms with Crippen LogP contribution in [0.1, 0.15) is 10.5 Å². The number of hydrogen-bond acceptors (Lipinski definition) is 4. The number of aromatic nitrogens is 2. The van der Waals surface area contributed by atoms with Crippen molar-refractivity contribution < 1.29 is 19.4 Å². The average molecular weight is 182 g/mol. The highest BCUT2D eigenvalue weighted by atomic mass is 16.7. The number of carboxylic acid groups (broad SMARTS) is 1. The molecule has 0 amide bonds. The Morgan fingerprint density at radius 2 is 2.54 bits per heavy atom. The third kappa shape index (κ3) is 1.33. The lowest BCUT2D eigenvalue weighted by Crippen LogP contribution is -1.97. The minimum Gasteiger partial charge on any atom is -0.476 e. The van der Waals surface area contributed by atoms with Crippen molar-refractivity contribution in [2.45, 2.75) is 0 Å². The Morgan fingerprint density at radius 3 is 3.08 bits per heavy atom. The van der Waals surface area contributed by atoms with E-state index in [1.807, 2.05) is 0 Å². The number of rotatable bonds is 2. The molecule has 1 aliphatic rings. The van der Waals surface area contributed by atoms with E-state index >= 15 is 0 Å². The molecule has 0 radical (unpaired) electrons. The fraction of sp³-hybridized carbons (Fsp3) is 0.143. The van der Waals surface area contributed by atoms with Crippen molar-refractivity contribution in [3.63, 3.8) is 0 Å². The molecule has 0 aliphatic carbocycles. The van der Waals surface area contributed by atoms with Gasteiger partial charge in [0.2, 0.25) is 12.7 Å². The lowest BCUT2D eigenvalue weighted by atomic mass is 10.5. The molecule has 0 bridgehead atoms. The lowest BCUT2D eigenvalue weighted by molar-refractivity contribution is 0.0691. The molecule has 68 valence electrons. The van der Waals surface area contributed by atoms with E-state index in [1.54, 1.807) is 0 Å². The van der Waals surface area contributed by atoms with Crippen LogP contribution in [0, 0.1) is 0 Å². The van der Waals surface area contributed by atoms with Crippen molar-refractivity contribution in [2.24, 2.45) is 0 Å². The Kier molecular flexibility index (Phi) is 1.66. The Balaban J connectivity index is 2.27. The van der Waals surface area contributed by atoms with Gasteiger partial charge in [0.1, 0.15) is 12.6 Å². The molecule has 1 aromatic heterocycles. The zero-order chi connectivity index (χ0) is 9.26. The predicted octanol–water partition coefficient (Wildman–Crippen LogP) is 0.341. The summed E-state index contributed by atoms with van der Waals surface area (Å²) >= 11 is 0. The normalized spacial score (nSPS) is 14.6. The number of hydrogen-bond donors (Lipinski definition) is 1. The van der Waals surface area contributed by atoms with Crippen LogP contribution in [0.3, 0.4) is 0 Å². The fourth-order valence-corrected chi connectivity index (χ4v) is 0.923. The molecule has 0 fully saturated rings. The quantitative estimate of drug-likeness (QED) is 0.713. The van der Waals surface area contributed by atoms with Crippen LogP contribution in [0.4, 0.5) is 0 Å². The van der Waals surface area contributed by atoms with E-state index in [0.29, 0.717) is 5.88 Å². The Hall–Kier alpha value is -1.98. The summed E-state index contributed by atoms with van der Waals surface area (Å²) in [5.74, 6) is -0.640. The van der Waals surface area contributed by atoms with Gasteiger partial charge in [0.05, 0.1) is 0 Å². The second-order valence-corrected chi connectivity index (χ2v) is 2.36. The van der Waals surface area contributed by atoms with E-state index in [2.05, 4.69) is 4.98 Å². The summed E-state index contributed by atoms with van der Waals surface area (Å²) < 4.78 is 11.2. The lowest BCUT2D eigenvalue weighted by Gasteiger charge is -1.98. The van der Waals surface area contributed by atoms with E-state index < -0.39 is 5.97 Å². The van der Waals surface area contributed by atoms with E-state index in [4.69, 9.17) is 14.6 Å². The van der Waals surface area contributed by atoms with Gasteiger partial charge in [0.15, 0.2) is 5.69 Å². The van der Waals surface area contributed by atoms with Crippen LogP contribution >= 0.6 is 0 Å². The molecule has 13 heavy (non-hydrogen) atoms. The maximum absolute atomic E-state index is 10.5. The first-order valence-electron chi connectivity index (χ1n) is 3.49. The summed E-state index contributed by atoms with van der Waals surface area (Å²) in [7, 11) is 0. The molecule has 0 unspecified atom stereocenters. The van der Waals surface area contributed by atoms with Crippen molar-refractivity contribution >= 4 is 11.9 Å². The molecule has 0 spiro atoms. The SMILES string of the molecule is O=C(O)c1cn(C2=COCO2)cn1. The largest absolute Gasteiger partial charge is 0.476 e. The van der Waals surface area contributed by atoms with Crippen LogP contribution in [0.15, 0.2) is 18.8 Å². The van der Waals surface area contributed by atoms with E-state index in [9.17, 15) is 4.79 Å². The van der Waals surface area contributed by atoms with Gasteiger partial charge in [-0.25, -0.2) is 9.78 Å². The molecule has 2 rings (SSSR count). The Bertz CT molecular complexity index is 368. The number of nitrogens with zero attached hydrogens (tertiary/aromatic N) is 2. The molecule has 6 heteroatoms. The molecule has 0 atom stereocenters. The van der Waals surface area contributed by atoms with Gasteiger partial charge in [0, 0.05) is 6.20 Å². The topological polar surface area (TPSA) is 73.6 Å². The number of ether oxygens (including phenoxy) is 2. The molecular formula is C7H6N2O4. The first-order chi connectivity index (χ1) is 6.27. The van der Waals surface area contributed by atoms with Crippen molar-refractivity contribution in [1.29, 1.82) is 0 Å². The van der Waals surface area contributed by atoms with E-state index in [0.717, 1.165) is 0 Å². The number of imidazole rings is 1. The van der Waals surface area contributed by atoms with Gasteiger partial charge in [-0.1, -0.05) is 0 Å². The maximum atomic E-state index is 10.5. The predicted molar refractivity (Wildman–Crippen MR) is 40.5 cm³/mol. The summed E-state index contributed by atoms with van der Waals surface area (Å²) in [6, 6.07) is 0. The summed E-state index contributed by atoms with van der Waals surface area (Å²) in [6.45, 7) is 0.149. The maximum Gasteiger partial charge on any atom is 0.356 e. The van der Waals surface area contributed by atoms with Crippen LogP contribution in [0.25, 0.3) is 5.88 Å². The third-order valence-corrected chi connectivity index (χ3v) is 1.52. The molecule has 0 saturated carbocycles. The third-order valence-electron chi connectivity index (χ3n) is 1.52. The number of carbonyl (C=O) groups is 1. The average Bonchev–Trinajstić information content (AvgIpc) is 2.75. The molecule has 1 aromatic rings. The standard InChI is InChI=1S/C7H6N2O4/c10-7(11)5-1-9(3-8-5)6-2-12-4-13-6/h1-3H,4H2,(H,10,11). The highest BCUT2D eigenvalue weighted by molar-refractivity contribution is 5.85. The van der Waals surface area contributed by atoms with Crippen LogP contribution < -0.4 is 0 Å². The summed E-state index contributed by atoms with van der Waals surface area (Å²) in [5, 5.41) is 8.57. The number of carboxylic acids is 1. The molecular weight excluding hydrogens is 176 g/mol. The second-order valence-electron chi connectivity index (χ2n) is 2.36. The van der Waals surface area contributed by atoms with Gasteiger partial charge >= 0.3 is 5.97 Å². The Labute approximate surface area is 73.0 Å². The van der Waals surface area contributed by atoms with Gasteiger partial charge in [-0.05, 0) is 0 Å². The van der Waals surface area contributed by atoms with Crippen LogP contribution in [0.5, 0.6) is 0 Å². The van der Waals surface area contributed by atoms with Crippen molar-refractivity contribution in [2.75, 3.05) is 6.79 Å². The van der Waals surface area contributed by atoms with Crippen molar-refractivity contribution in [3.8, 4) is 0 Å². The smallest absolute Gasteiger partial charge is 0.356 e. The minimum absolute atomic E-state index is 0.0311. The molecule has 2 heterocycles. The van der Waals surface area contributed by atoms with E-state index in [-0.39, 0.29) is 12.5 Å². The number of aromatic carboxylic acids is 1. The molecule has 6 nitrogen and oxygen atoms in total. The highest BCUT2D eigenvalue weighted by Crippen LogP contribution is 2.13. The molecule has 0 saturated heterocycles. The van der Waals surface area contributed by atoms with Gasteiger partial charge in [-0.2, -0.15) is 0 Å². The van der Waals surface area contributed by atoms with Gasteiger partial charge in [-0.3, -0.25) is 4.57 Å². The Morgan fingerprint density at radius 1 is 1.69 bits per heavy atom. The van der Waals surface area contributed by atoms with Crippen LogP contribution in [0.2, 0.25) is 0 Å². The van der Waals surface area contributed by atoms with Crippen LogP contribution in [-0.4, -0.2) is 27.4 Å². The minimum atomic E-state index is -1.07. The molecule has 0 aromatic carbocycles. The highest BCUT2D eigenvalue weighted by Gasteiger charge is 2.12. The first kappa shape index (κ1) is 7.66. The monoisotopic (exact) mass is 182 g/mol. The van der Waals surface area contributed by atoms with Gasteiger partial charge in [-0.15, -0.1) is 0 Å². The summed E-state index contributed by atoms with van der Waals surface area (Å²) in [5.41, 5.74) is -0.0311. The van der Waals surface area contributed by atoms with Gasteiger partial charge in [0.25, 0.3) is 0 Å². The zero-order valence-electron chi connectivity index (χ0n) is 6.51. The molecule has 1 N–H and O–H groups in total. The summed E-state index contributed by atoms with van der Waals surface area (Å²) in [6.07, 6.45) is 4.10. The first-order valence-corrected chi connectivity index (χ1v) is 3.49. The van der Waals surface area contributed by atoms with Crippen LogP contribution in [-0.2, 0) is 9.47 Å². The second kappa shape index (κ2) is 2.81. The fourth-order valence-electron chi connectivity index (χ4n) is 0.923.